The molecule has 5 rings (SSSR count). The Bertz CT molecular complexity index is 1220. The molecule has 2 amide bonds. The first-order chi connectivity index (χ1) is 16.2. The summed E-state index contributed by atoms with van der Waals surface area (Å²) in [6.45, 7) is 0.303. The van der Waals surface area contributed by atoms with Crippen LogP contribution in [0.15, 0.2) is 79.0 Å². The number of aromatic nitrogens is 1. The zero-order valence-corrected chi connectivity index (χ0v) is 18.0. The fourth-order valence-corrected chi connectivity index (χ4v) is 4.76. The second-order valence-electron chi connectivity index (χ2n) is 8.28. The number of carbonyl (C=O) groups is 2. The van der Waals surface area contributed by atoms with Crippen molar-refractivity contribution >= 4 is 11.8 Å². The van der Waals surface area contributed by atoms with Gasteiger partial charge in [-0.25, -0.2) is 0 Å². The molecule has 2 saturated heterocycles. The van der Waals surface area contributed by atoms with Crippen LogP contribution in [0.2, 0.25) is 0 Å². The van der Waals surface area contributed by atoms with Gasteiger partial charge in [-0.1, -0.05) is 48.2 Å². The normalized spacial score (nSPS) is 21.5. The van der Waals surface area contributed by atoms with Crippen LogP contribution in [0.1, 0.15) is 33.1 Å². The summed E-state index contributed by atoms with van der Waals surface area (Å²) in [5, 5.41) is 9.99. The summed E-state index contributed by atoms with van der Waals surface area (Å²) >= 11 is 0. The molecule has 0 saturated carbocycles. The summed E-state index contributed by atoms with van der Waals surface area (Å²) in [6, 6.07) is 22.5. The summed E-state index contributed by atoms with van der Waals surface area (Å²) in [4.78, 5) is 33.1. The predicted octanol–water partition coefficient (Wildman–Crippen LogP) is 2.29. The number of hydrogen-bond acceptors (Lipinski definition) is 4. The Morgan fingerprint density at radius 2 is 1.67 bits per heavy atom. The van der Waals surface area contributed by atoms with Gasteiger partial charge in [-0.3, -0.25) is 14.6 Å². The average Bonchev–Trinajstić information content (AvgIpc) is 2.85. The third-order valence-corrected chi connectivity index (χ3v) is 6.34. The number of piperazine rings is 1. The summed E-state index contributed by atoms with van der Waals surface area (Å²) in [7, 11) is 0. The van der Waals surface area contributed by atoms with Gasteiger partial charge in [0.2, 0.25) is 5.91 Å². The third-order valence-electron chi connectivity index (χ3n) is 6.34. The minimum Gasteiger partial charge on any atom is -0.394 e. The standard InChI is InChI=1S/C27H23N3O3/c31-18-24-26(21-13-11-20(12-14-21)10-9-19-6-2-1-3-7-19)23-16-29(17-25(32)30(23)24)27(33)22-8-4-5-15-28-22/h1-8,11-15,23-24,26,31H,16-18H2/t23-,24+,26-/m0/s1. The van der Waals surface area contributed by atoms with E-state index in [0.29, 0.717) is 12.2 Å². The van der Waals surface area contributed by atoms with E-state index in [4.69, 9.17) is 0 Å². The molecule has 3 atom stereocenters. The number of aliphatic hydroxyl groups is 1. The minimum atomic E-state index is -0.282. The van der Waals surface area contributed by atoms with E-state index in [1.807, 2.05) is 54.6 Å². The van der Waals surface area contributed by atoms with E-state index in [1.54, 1.807) is 34.2 Å². The molecule has 0 aliphatic carbocycles. The molecule has 2 fully saturated rings. The monoisotopic (exact) mass is 437 g/mol. The molecule has 2 aliphatic rings. The van der Waals surface area contributed by atoms with Crippen molar-refractivity contribution in [3.8, 4) is 11.8 Å². The van der Waals surface area contributed by atoms with Crippen molar-refractivity contribution in [2.45, 2.75) is 18.0 Å². The zero-order valence-electron chi connectivity index (χ0n) is 18.0. The average molecular weight is 437 g/mol. The molecule has 164 valence electrons. The number of fused-ring (bicyclic) bond motifs is 1. The number of nitrogens with zero attached hydrogens (tertiary/aromatic N) is 3. The number of benzene rings is 2. The van der Waals surface area contributed by atoms with Crippen LogP contribution in [0.5, 0.6) is 0 Å². The van der Waals surface area contributed by atoms with Crippen LogP contribution in [0, 0.1) is 11.8 Å². The van der Waals surface area contributed by atoms with E-state index in [0.717, 1.165) is 16.7 Å². The largest absolute Gasteiger partial charge is 0.394 e. The Hall–Kier alpha value is -3.95. The number of aliphatic hydroxyl groups excluding tert-OH is 1. The highest BCUT2D eigenvalue weighted by Gasteiger charge is 2.54. The van der Waals surface area contributed by atoms with Gasteiger partial charge in [-0.05, 0) is 42.0 Å². The Kier molecular flexibility index (Phi) is 5.64. The van der Waals surface area contributed by atoms with Crippen LogP contribution < -0.4 is 0 Å². The molecule has 6 heteroatoms. The number of hydrogen-bond donors (Lipinski definition) is 1. The topological polar surface area (TPSA) is 73.7 Å². The molecule has 3 aromatic rings. The van der Waals surface area contributed by atoms with Gasteiger partial charge in [0.15, 0.2) is 0 Å². The van der Waals surface area contributed by atoms with E-state index in [2.05, 4.69) is 16.8 Å². The van der Waals surface area contributed by atoms with E-state index in [-0.39, 0.29) is 43.0 Å². The summed E-state index contributed by atoms with van der Waals surface area (Å²) in [5.74, 6) is 5.88. The molecule has 1 aromatic heterocycles. The molecule has 1 N–H and O–H groups in total. The Morgan fingerprint density at radius 1 is 0.970 bits per heavy atom. The lowest BCUT2D eigenvalue weighted by molar-refractivity contribution is -0.159. The number of rotatable bonds is 3. The molecule has 0 bridgehead atoms. The fraction of sp³-hybridized carbons (Fsp3) is 0.222. The highest BCUT2D eigenvalue weighted by atomic mass is 16.3. The molecule has 2 aromatic carbocycles. The number of carbonyl (C=O) groups excluding carboxylic acids is 2. The summed E-state index contributed by atoms with van der Waals surface area (Å²) in [5.41, 5.74) is 3.20. The van der Waals surface area contributed by atoms with Gasteiger partial charge in [-0.2, -0.15) is 0 Å². The second kappa shape index (κ2) is 8.89. The molecule has 0 spiro atoms. The van der Waals surface area contributed by atoms with Gasteiger partial charge in [0, 0.05) is 29.8 Å². The number of amides is 2. The van der Waals surface area contributed by atoms with Gasteiger partial charge < -0.3 is 14.9 Å². The Labute approximate surface area is 192 Å². The first-order valence-electron chi connectivity index (χ1n) is 10.9. The lowest BCUT2D eigenvalue weighted by atomic mass is 9.73. The Morgan fingerprint density at radius 3 is 2.33 bits per heavy atom. The van der Waals surface area contributed by atoms with Crippen molar-refractivity contribution in [1.82, 2.24) is 14.8 Å². The van der Waals surface area contributed by atoms with E-state index < -0.39 is 0 Å². The van der Waals surface area contributed by atoms with Crippen LogP contribution in [-0.4, -0.2) is 63.5 Å². The molecule has 2 aliphatic heterocycles. The third kappa shape index (κ3) is 3.99. The van der Waals surface area contributed by atoms with Crippen LogP contribution in [0.25, 0.3) is 0 Å². The quantitative estimate of drug-likeness (QED) is 0.638. The molecule has 33 heavy (non-hydrogen) atoms. The smallest absolute Gasteiger partial charge is 0.272 e. The lowest BCUT2D eigenvalue weighted by Gasteiger charge is -2.58. The van der Waals surface area contributed by atoms with E-state index in [1.165, 1.54) is 0 Å². The molecule has 6 nitrogen and oxygen atoms in total. The predicted molar refractivity (Wildman–Crippen MR) is 123 cm³/mol. The Balaban J connectivity index is 1.35. The van der Waals surface area contributed by atoms with Crippen LogP contribution in [0.3, 0.4) is 0 Å². The van der Waals surface area contributed by atoms with Crippen LogP contribution in [0.4, 0.5) is 0 Å². The number of pyridine rings is 1. The first kappa shape index (κ1) is 20.9. The minimum absolute atomic E-state index is 0.00312. The lowest BCUT2D eigenvalue weighted by Crippen LogP contribution is -2.73. The van der Waals surface area contributed by atoms with Crippen molar-refractivity contribution in [2.75, 3.05) is 19.7 Å². The van der Waals surface area contributed by atoms with Crippen molar-refractivity contribution in [3.63, 3.8) is 0 Å². The van der Waals surface area contributed by atoms with Gasteiger partial charge in [0.05, 0.1) is 18.7 Å². The first-order valence-corrected chi connectivity index (χ1v) is 10.9. The molecule has 0 unspecified atom stereocenters. The van der Waals surface area contributed by atoms with Crippen molar-refractivity contribution in [1.29, 1.82) is 0 Å². The van der Waals surface area contributed by atoms with Gasteiger partial charge >= 0.3 is 0 Å². The second-order valence-corrected chi connectivity index (χ2v) is 8.28. The molecule has 3 heterocycles. The van der Waals surface area contributed by atoms with E-state index >= 15 is 0 Å². The highest BCUT2D eigenvalue weighted by molar-refractivity contribution is 5.96. The van der Waals surface area contributed by atoms with Gasteiger partial charge in [-0.15, -0.1) is 0 Å². The molecular formula is C27H23N3O3. The maximum atomic E-state index is 12.9. The molecule has 0 radical (unpaired) electrons. The fourth-order valence-electron chi connectivity index (χ4n) is 4.76. The summed E-state index contributed by atoms with van der Waals surface area (Å²) < 4.78 is 0. The summed E-state index contributed by atoms with van der Waals surface area (Å²) in [6.07, 6.45) is 1.57. The SMILES string of the molecule is O=C(c1ccccn1)N1CC(=O)N2[C@H](CO)[C@@H](c3ccc(C#Cc4ccccc4)cc3)[C@@H]2C1. The zero-order chi connectivity index (χ0) is 22.8. The van der Waals surface area contributed by atoms with E-state index in [9.17, 15) is 14.7 Å². The van der Waals surface area contributed by atoms with Crippen molar-refractivity contribution < 1.29 is 14.7 Å². The van der Waals surface area contributed by atoms with Gasteiger partial charge in [0.1, 0.15) is 12.2 Å². The molecular weight excluding hydrogens is 414 g/mol. The van der Waals surface area contributed by atoms with Crippen LogP contribution >= 0.6 is 0 Å². The highest BCUT2D eigenvalue weighted by Crippen LogP contribution is 2.43. The van der Waals surface area contributed by atoms with Crippen LogP contribution in [-0.2, 0) is 4.79 Å². The van der Waals surface area contributed by atoms with Crippen molar-refractivity contribution in [3.05, 3.63) is 101 Å². The maximum absolute atomic E-state index is 12.9. The van der Waals surface area contributed by atoms with Crippen molar-refractivity contribution in [2.24, 2.45) is 0 Å². The van der Waals surface area contributed by atoms with Gasteiger partial charge in [0.25, 0.3) is 5.91 Å². The maximum Gasteiger partial charge on any atom is 0.272 e.